The van der Waals surface area contributed by atoms with Crippen LogP contribution in [0.2, 0.25) is 0 Å². The molecule has 0 aliphatic carbocycles. The van der Waals surface area contributed by atoms with Crippen LogP contribution in [0.5, 0.6) is 0 Å². The molecule has 0 heterocycles. The minimum atomic E-state index is -0.133. The van der Waals surface area contributed by atoms with E-state index in [2.05, 4.69) is 5.32 Å². The fourth-order valence-electron chi connectivity index (χ4n) is 1.43. The average molecular weight is 220 g/mol. The third-order valence-corrected chi connectivity index (χ3v) is 2.20. The Balaban J connectivity index is 2.82. The van der Waals surface area contributed by atoms with Gasteiger partial charge in [-0.1, -0.05) is 30.3 Å². The van der Waals surface area contributed by atoms with Crippen LogP contribution in [0.3, 0.4) is 0 Å². The standard InChI is InChI=1S/C11H16N4O/c12-6-7-15(13)11(8-14-9-16)10-4-2-1-3-5-10/h1-7,9,11H,8,12-13H2,(H,14,16)/b7-6-. The Kier molecular flexibility index (Phi) is 4.88. The molecular weight excluding hydrogens is 204 g/mol. The zero-order valence-electron chi connectivity index (χ0n) is 8.91. The van der Waals surface area contributed by atoms with Gasteiger partial charge >= 0.3 is 0 Å². The number of hydrogen-bond acceptors (Lipinski definition) is 4. The Morgan fingerprint density at radius 1 is 1.38 bits per heavy atom. The van der Waals surface area contributed by atoms with Crippen molar-refractivity contribution in [1.29, 1.82) is 0 Å². The SMILES string of the molecule is N/C=C\N(N)C(CNC=O)c1ccccc1. The van der Waals surface area contributed by atoms with Gasteiger partial charge in [0.25, 0.3) is 0 Å². The van der Waals surface area contributed by atoms with Crippen molar-refractivity contribution in [2.24, 2.45) is 11.6 Å². The Bertz CT molecular complexity index is 339. The zero-order chi connectivity index (χ0) is 11.8. The molecule has 0 aliphatic heterocycles. The number of nitrogens with one attached hydrogen (secondary N) is 1. The van der Waals surface area contributed by atoms with Gasteiger partial charge in [-0.15, -0.1) is 0 Å². The molecule has 1 amide bonds. The molecule has 5 nitrogen and oxygen atoms in total. The highest BCUT2D eigenvalue weighted by Gasteiger charge is 2.14. The van der Waals surface area contributed by atoms with Gasteiger partial charge in [-0.25, -0.2) is 5.84 Å². The topological polar surface area (TPSA) is 84.4 Å². The van der Waals surface area contributed by atoms with Crippen molar-refractivity contribution in [3.8, 4) is 0 Å². The van der Waals surface area contributed by atoms with E-state index < -0.39 is 0 Å². The summed E-state index contributed by atoms with van der Waals surface area (Å²) in [5, 5.41) is 4.07. The predicted octanol–water partition coefficient (Wildman–Crippen LogP) is 0.0793. The normalized spacial score (nSPS) is 12.3. The fraction of sp³-hybridized carbons (Fsp3) is 0.182. The number of carbonyl (C=O) groups is 1. The number of hydrazine groups is 1. The minimum Gasteiger partial charge on any atom is -0.403 e. The second kappa shape index (κ2) is 6.47. The minimum absolute atomic E-state index is 0.133. The van der Waals surface area contributed by atoms with E-state index >= 15 is 0 Å². The highest BCUT2D eigenvalue weighted by atomic mass is 16.1. The molecule has 0 saturated heterocycles. The van der Waals surface area contributed by atoms with E-state index in [9.17, 15) is 4.79 Å². The summed E-state index contributed by atoms with van der Waals surface area (Å²) in [4.78, 5) is 10.3. The molecule has 1 unspecified atom stereocenters. The summed E-state index contributed by atoms with van der Waals surface area (Å²) < 4.78 is 0. The van der Waals surface area contributed by atoms with Crippen LogP contribution in [-0.4, -0.2) is 18.0 Å². The smallest absolute Gasteiger partial charge is 0.207 e. The number of hydrogen-bond donors (Lipinski definition) is 3. The van der Waals surface area contributed by atoms with Crippen molar-refractivity contribution in [2.45, 2.75) is 6.04 Å². The van der Waals surface area contributed by atoms with Gasteiger partial charge in [0.1, 0.15) is 0 Å². The van der Waals surface area contributed by atoms with Crippen molar-refractivity contribution in [3.05, 3.63) is 48.3 Å². The largest absolute Gasteiger partial charge is 0.403 e. The molecule has 0 bridgehead atoms. The Morgan fingerprint density at radius 2 is 2.06 bits per heavy atom. The molecule has 1 aromatic rings. The number of carbonyl (C=O) groups excluding carboxylic acids is 1. The van der Waals surface area contributed by atoms with Gasteiger partial charge < -0.3 is 16.1 Å². The molecule has 1 rings (SSSR count). The van der Waals surface area contributed by atoms with Crippen molar-refractivity contribution in [3.63, 3.8) is 0 Å². The van der Waals surface area contributed by atoms with E-state index in [1.54, 1.807) is 6.20 Å². The van der Waals surface area contributed by atoms with Crippen molar-refractivity contribution in [2.75, 3.05) is 6.54 Å². The first kappa shape index (κ1) is 12.1. The van der Waals surface area contributed by atoms with Crippen LogP contribution in [0, 0.1) is 0 Å². The maximum atomic E-state index is 10.3. The van der Waals surface area contributed by atoms with E-state index in [1.165, 1.54) is 11.2 Å². The molecule has 0 aliphatic rings. The number of amides is 1. The average Bonchev–Trinajstić information content (AvgIpc) is 2.31. The first-order valence-corrected chi connectivity index (χ1v) is 4.93. The van der Waals surface area contributed by atoms with Crippen LogP contribution in [-0.2, 0) is 4.79 Å². The van der Waals surface area contributed by atoms with Crippen LogP contribution in [0.25, 0.3) is 0 Å². The molecule has 1 aromatic carbocycles. The van der Waals surface area contributed by atoms with Gasteiger partial charge in [-0.05, 0) is 5.56 Å². The molecule has 16 heavy (non-hydrogen) atoms. The lowest BCUT2D eigenvalue weighted by atomic mass is 10.1. The van der Waals surface area contributed by atoms with E-state index in [-0.39, 0.29) is 6.04 Å². The lowest BCUT2D eigenvalue weighted by molar-refractivity contribution is -0.109. The number of nitrogens with two attached hydrogens (primary N) is 2. The van der Waals surface area contributed by atoms with Crippen molar-refractivity contribution >= 4 is 6.41 Å². The number of rotatable bonds is 6. The molecule has 86 valence electrons. The highest BCUT2D eigenvalue weighted by Crippen LogP contribution is 2.16. The molecule has 0 aromatic heterocycles. The predicted molar refractivity (Wildman–Crippen MR) is 62.6 cm³/mol. The molecule has 0 saturated carbocycles. The van der Waals surface area contributed by atoms with Gasteiger partial charge in [-0.3, -0.25) is 4.79 Å². The third-order valence-electron chi connectivity index (χ3n) is 2.20. The van der Waals surface area contributed by atoms with Crippen LogP contribution < -0.4 is 16.9 Å². The van der Waals surface area contributed by atoms with Gasteiger partial charge in [0.2, 0.25) is 6.41 Å². The molecule has 0 fully saturated rings. The summed E-state index contributed by atoms with van der Waals surface area (Å²) in [6.45, 7) is 0.425. The first-order chi connectivity index (χ1) is 7.79. The summed E-state index contributed by atoms with van der Waals surface area (Å²) in [6, 6.07) is 9.52. The number of nitrogens with zero attached hydrogens (tertiary/aromatic N) is 1. The van der Waals surface area contributed by atoms with Gasteiger partial charge in [0.05, 0.1) is 6.04 Å². The Morgan fingerprint density at radius 3 is 2.62 bits per heavy atom. The summed E-state index contributed by atoms with van der Waals surface area (Å²) in [6.07, 6.45) is 3.57. The second-order valence-corrected chi connectivity index (χ2v) is 3.24. The maximum Gasteiger partial charge on any atom is 0.207 e. The third kappa shape index (κ3) is 3.29. The molecule has 5 N–H and O–H groups in total. The summed E-state index contributed by atoms with van der Waals surface area (Å²) in [5.74, 6) is 5.81. The second-order valence-electron chi connectivity index (χ2n) is 3.24. The first-order valence-electron chi connectivity index (χ1n) is 4.93. The van der Waals surface area contributed by atoms with E-state index in [0.717, 1.165) is 5.56 Å². The zero-order valence-corrected chi connectivity index (χ0v) is 8.91. The molecule has 0 spiro atoms. The van der Waals surface area contributed by atoms with E-state index in [4.69, 9.17) is 11.6 Å². The summed E-state index contributed by atoms with van der Waals surface area (Å²) in [7, 11) is 0. The monoisotopic (exact) mass is 220 g/mol. The van der Waals surface area contributed by atoms with Gasteiger partial charge in [0, 0.05) is 18.9 Å². The quantitative estimate of drug-likeness (QED) is 0.360. The van der Waals surface area contributed by atoms with Crippen LogP contribution in [0.4, 0.5) is 0 Å². The lowest BCUT2D eigenvalue weighted by Crippen LogP contribution is -2.36. The number of benzene rings is 1. The summed E-state index contributed by atoms with van der Waals surface area (Å²) >= 11 is 0. The van der Waals surface area contributed by atoms with E-state index in [1.807, 2.05) is 30.3 Å². The Labute approximate surface area is 94.7 Å². The fourth-order valence-corrected chi connectivity index (χ4v) is 1.43. The summed E-state index contributed by atoms with van der Waals surface area (Å²) in [5.41, 5.74) is 6.29. The van der Waals surface area contributed by atoms with Crippen LogP contribution in [0.15, 0.2) is 42.7 Å². The van der Waals surface area contributed by atoms with Crippen LogP contribution in [0.1, 0.15) is 11.6 Å². The van der Waals surface area contributed by atoms with Gasteiger partial charge in [0.15, 0.2) is 0 Å². The highest BCUT2D eigenvalue weighted by molar-refractivity contribution is 5.46. The maximum absolute atomic E-state index is 10.3. The molecule has 0 radical (unpaired) electrons. The lowest BCUT2D eigenvalue weighted by Gasteiger charge is -2.26. The molecular formula is C11H16N4O. The molecule has 1 atom stereocenters. The Hall–Kier alpha value is -2.01. The molecule has 5 heteroatoms. The van der Waals surface area contributed by atoms with Crippen molar-refractivity contribution in [1.82, 2.24) is 10.3 Å². The van der Waals surface area contributed by atoms with E-state index in [0.29, 0.717) is 13.0 Å². The van der Waals surface area contributed by atoms with Gasteiger partial charge in [-0.2, -0.15) is 0 Å². The van der Waals surface area contributed by atoms with Crippen LogP contribution >= 0.6 is 0 Å². The van der Waals surface area contributed by atoms with Crippen molar-refractivity contribution < 1.29 is 4.79 Å².